The molecule has 1 N–H and O–H groups in total. The van der Waals surface area contributed by atoms with Crippen LogP contribution >= 0.6 is 11.3 Å². The van der Waals surface area contributed by atoms with E-state index in [4.69, 9.17) is 4.74 Å². The molecule has 1 heterocycles. The second kappa shape index (κ2) is 5.79. The van der Waals surface area contributed by atoms with Crippen LogP contribution in [-0.2, 0) is 14.3 Å². The van der Waals surface area contributed by atoms with E-state index in [0.29, 0.717) is 5.69 Å². The predicted molar refractivity (Wildman–Crippen MR) is 74.2 cm³/mol. The molecule has 1 aromatic carbocycles. The van der Waals surface area contributed by atoms with E-state index in [1.54, 1.807) is 24.3 Å². The highest BCUT2D eigenvalue weighted by Crippen LogP contribution is 2.24. The summed E-state index contributed by atoms with van der Waals surface area (Å²) in [6.45, 7) is 3.91. The van der Waals surface area contributed by atoms with Crippen LogP contribution in [0, 0.1) is 6.92 Å². The van der Waals surface area contributed by atoms with E-state index in [9.17, 15) is 9.59 Å². The van der Waals surface area contributed by atoms with Gasteiger partial charge in [-0.25, -0.2) is 4.98 Å². The molecule has 0 aliphatic carbocycles. The van der Waals surface area contributed by atoms with Gasteiger partial charge in [0.15, 0.2) is 0 Å². The third-order valence-electron chi connectivity index (χ3n) is 2.39. The van der Waals surface area contributed by atoms with Crippen LogP contribution in [0.25, 0.3) is 10.2 Å². The van der Waals surface area contributed by atoms with Gasteiger partial charge in [-0.1, -0.05) is 0 Å². The van der Waals surface area contributed by atoms with Gasteiger partial charge in [-0.3, -0.25) is 9.59 Å². The second-order valence-electron chi connectivity index (χ2n) is 3.95. The van der Waals surface area contributed by atoms with Gasteiger partial charge in [-0.05, 0) is 32.0 Å². The van der Waals surface area contributed by atoms with Gasteiger partial charge >= 0.3 is 5.97 Å². The second-order valence-corrected chi connectivity index (χ2v) is 5.18. The highest BCUT2D eigenvalue weighted by molar-refractivity contribution is 7.18. The Balaban J connectivity index is 2.04. The molecule has 19 heavy (non-hydrogen) atoms. The molecule has 1 aromatic heterocycles. The number of ether oxygens (including phenoxy) is 1. The van der Waals surface area contributed by atoms with E-state index >= 15 is 0 Å². The van der Waals surface area contributed by atoms with Gasteiger partial charge in [0.2, 0.25) is 5.91 Å². The average Bonchev–Trinajstić information content (AvgIpc) is 2.68. The minimum absolute atomic E-state index is 0.270. The number of rotatable bonds is 4. The maximum Gasteiger partial charge on any atom is 0.315 e. The van der Waals surface area contributed by atoms with Crippen molar-refractivity contribution < 1.29 is 14.3 Å². The molecule has 0 spiro atoms. The number of hydrogen-bond acceptors (Lipinski definition) is 5. The molecule has 0 unspecified atom stereocenters. The molecule has 0 fully saturated rings. The van der Waals surface area contributed by atoms with Gasteiger partial charge in [0.1, 0.15) is 6.42 Å². The number of carbonyl (C=O) groups excluding carboxylic acids is 2. The fourth-order valence-electron chi connectivity index (χ4n) is 1.67. The van der Waals surface area contributed by atoms with Crippen molar-refractivity contribution in [1.29, 1.82) is 0 Å². The van der Waals surface area contributed by atoms with E-state index in [1.807, 2.05) is 19.1 Å². The van der Waals surface area contributed by atoms with Gasteiger partial charge in [-0.2, -0.15) is 0 Å². The summed E-state index contributed by atoms with van der Waals surface area (Å²) in [5.41, 5.74) is 1.57. The number of nitrogens with one attached hydrogen (secondary N) is 1. The summed E-state index contributed by atoms with van der Waals surface area (Å²) >= 11 is 1.56. The third-order valence-corrected chi connectivity index (χ3v) is 3.32. The van der Waals surface area contributed by atoms with Crippen LogP contribution in [0.1, 0.15) is 18.4 Å². The first-order valence-corrected chi connectivity index (χ1v) is 6.73. The van der Waals surface area contributed by atoms with Gasteiger partial charge in [-0.15, -0.1) is 11.3 Å². The summed E-state index contributed by atoms with van der Waals surface area (Å²) in [4.78, 5) is 27.1. The van der Waals surface area contributed by atoms with Crippen molar-refractivity contribution in [3.05, 3.63) is 23.2 Å². The maximum atomic E-state index is 11.6. The number of benzene rings is 1. The van der Waals surface area contributed by atoms with Crippen molar-refractivity contribution in [3.8, 4) is 0 Å². The SMILES string of the molecule is CCOC(=O)CC(=O)Nc1ccc2nc(C)sc2c1. The Morgan fingerprint density at radius 3 is 2.95 bits per heavy atom. The van der Waals surface area contributed by atoms with Gasteiger partial charge in [0.25, 0.3) is 0 Å². The largest absolute Gasteiger partial charge is 0.466 e. The molecule has 0 aliphatic rings. The van der Waals surface area contributed by atoms with Gasteiger partial charge < -0.3 is 10.1 Å². The molecule has 1 amide bonds. The normalized spacial score (nSPS) is 10.4. The highest BCUT2D eigenvalue weighted by Gasteiger charge is 2.11. The Bertz CT molecular complexity index is 621. The van der Waals surface area contributed by atoms with Crippen LogP contribution in [0.5, 0.6) is 0 Å². The topological polar surface area (TPSA) is 68.3 Å². The Hall–Kier alpha value is -1.95. The molecule has 100 valence electrons. The van der Waals surface area contributed by atoms with Crippen LogP contribution in [0.4, 0.5) is 5.69 Å². The number of thiazole rings is 1. The first-order chi connectivity index (χ1) is 9.08. The highest BCUT2D eigenvalue weighted by atomic mass is 32.1. The number of hydrogen-bond donors (Lipinski definition) is 1. The molecule has 0 atom stereocenters. The summed E-state index contributed by atoms with van der Waals surface area (Å²) in [7, 11) is 0. The molecule has 0 saturated heterocycles. The fourth-order valence-corrected chi connectivity index (χ4v) is 2.53. The Kier molecular flexibility index (Phi) is 4.11. The number of anilines is 1. The van der Waals surface area contributed by atoms with Crippen molar-refractivity contribution in [1.82, 2.24) is 4.98 Å². The number of amides is 1. The van der Waals surface area contributed by atoms with Crippen LogP contribution in [0.2, 0.25) is 0 Å². The zero-order valence-electron chi connectivity index (χ0n) is 10.7. The lowest BCUT2D eigenvalue weighted by molar-refractivity contribution is -0.145. The lowest BCUT2D eigenvalue weighted by Crippen LogP contribution is -2.18. The van der Waals surface area contributed by atoms with Crippen molar-refractivity contribution in [2.75, 3.05) is 11.9 Å². The van der Waals surface area contributed by atoms with Crippen LogP contribution < -0.4 is 5.32 Å². The number of esters is 1. The quantitative estimate of drug-likeness (QED) is 0.689. The van der Waals surface area contributed by atoms with Crippen LogP contribution in [0.3, 0.4) is 0 Å². The number of aryl methyl sites for hydroxylation is 1. The lowest BCUT2D eigenvalue weighted by atomic mass is 10.3. The molecule has 0 radical (unpaired) electrons. The molecule has 0 aliphatic heterocycles. The van der Waals surface area contributed by atoms with E-state index < -0.39 is 5.97 Å². The average molecular weight is 278 g/mol. The summed E-state index contributed by atoms with van der Waals surface area (Å²) in [6, 6.07) is 5.46. The molecule has 5 nitrogen and oxygen atoms in total. The number of aromatic nitrogens is 1. The van der Waals surface area contributed by atoms with Crippen molar-refractivity contribution >= 4 is 39.1 Å². The molecular formula is C13H14N2O3S. The molecular weight excluding hydrogens is 264 g/mol. The van der Waals surface area contributed by atoms with Crippen molar-refractivity contribution in [3.63, 3.8) is 0 Å². The van der Waals surface area contributed by atoms with Crippen molar-refractivity contribution in [2.24, 2.45) is 0 Å². The predicted octanol–water partition coefficient (Wildman–Crippen LogP) is 2.50. The number of carbonyl (C=O) groups is 2. The minimum atomic E-state index is -0.519. The van der Waals surface area contributed by atoms with Crippen molar-refractivity contribution in [2.45, 2.75) is 20.3 Å². The molecule has 2 rings (SSSR count). The Morgan fingerprint density at radius 2 is 2.21 bits per heavy atom. The standard InChI is InChI=1S/C13H14N2O3S/c1-3-18-13(17)7-12(16)15-9-4-5-10-11(6-9)19-8(2)14-10/h4-6H,3,7H2,1-2H3,(H,15,16). The van der Waals surface area contributed by atoms with E-state index in [2.05, 4.69) is 10.3 Å². The zero-order chi connectivity index (χ0) is 13.8. The van der Waals surface area contributed by atoms with E-state index in [-0.39, 0.29) is 18.9 Å². The lowest BCUT2D eigenvalue weighted by Gasteiger charge is -2.04. The summed E-state index contributed by atoms with van der Waals surface area (Å²) in [5, 5.41) is 3.65. The van der Waals surface area contributed by atoms with E-state index in [1.165, 1.54) is 0 Å². The molecule has 6 heteroatoms. The number of fused-ring (bicyclic) bond motifs is 1. The minimum Gasteiger partial charge on any atom is -0.466 e. The zero-order valence-corrected chi connectivity index (χ0v) is 11.5. The van der Waals surface area contributed by atoms with E-state index in [0.717, 1.165) is 15.2 Å². The molecule has 0 saturated carbocycles. The summed E-state index contributed by atoms with van der Waals surface area (Å²) < 4.78 is 5.72. The third kappa shape index (κ3) is 3.51. The smallest absolute Gasteiger partial charge is 0.315 e. The Morgan fingerprint density at radius 1 is 1.42 bits per heavy atom. The fraction of sp³-hybridized carbons (Fsp3) is 0.308. The monoisotopic (exact) mass is 278 g/mol. The van der Waals surface area contributed by atoms with Gasteiger partial charge in [0.05, 0.1) is 21.8 Å². The first kappa shape index (κ1) is 13.5. The summed E-state index contributed by atoms with van der Waals surface area (Å²) in [6.07, 6.45) is -0.270. The molecule has 2 aromatic rings. The van der Waals surface area contributed by atoms with Crippen LogP contribution in [0.15, 0.2) is 18.2 Å². The van der Waals surface area contributed by atoms with Crippen LogP contribution in [-0.4, -0.2) is 23.5 Å². The van der Waals surface area contributed by atoms with Gasteiger partial charge in [0, 0.05) is 5.69 Å². The first-order valence-electron chi connectivity index (χ1n) is 5.91. The Labute approximate surface area is 114 Å². The molecule has 0 bridgehead atoms. The number of nitrogens with zero attached hydrogens (tertiary/aromatic N) is 1. The summed E-state index contributed by atoms with van der Waals surface area (Å²) in [5.74, 6) is -0.895. The maximum absolute atomic E-state index is 11.6.